The Morgan fingerprint density at radius 3 is 2.45 bits per heavy atom. The first-order chi connectivity index (χ1) is 14.0. The lowest BCUT2D eigenvalue weighted by Crippen LogP contribution is -2.47. The zero-order valence-corrected chi connectivity index (χ0v) is 16.6. The molecular formula is C22H25N3O4. The van der Waals surface area contributed by atoms with Crippen LogP contribution in [0.25, 0.3) is 0 Å². The molecule has 152 valence electrons. The van der Waals surface area contributed by atoms with Crippen LogP contribution in [0.15, 0.2) is 54.6 Å². The van der Waals surface area contributed by atoms with Crippen molar-refractivity contribution in [1.29, 1.82) is 0 Å². The van der Waals surface area contributed by atoms with E-state index in [1.807, 2.05) is 36.4 Å². The highest BCUT2D eigenvalue weighted by Crippen LogP contribution is 2.41. The second kappa shape index (κ2) is 9.34. The first-order valence-electron chi connectivity index (χ1n) is 9.49. The van der Waals surface area contributed by atoms with Gasteiger partial charge in [0.1, 0.15) is 0 Å². The molecule has 0 fully saturated rings. The standard InChI is InChI=1S/C22H25N3O4/c1-25-20(15-8-4-3-5-9-15)19(16-10-6-7-11-17(16)22(25)28)21(27)24-14-18(26)23-12-13-29-2/h3-11,19-20H,12-14H2,1-2H3,(H,23,26)(H,24,27). The van der Waals surface area contributed by atoms with E-state index in [4.69, 9.17) is 4.74 Å². The molecule has 0 aliphatic carbocycles. The third-order valence-corrected chi connectivity index (χ3v) is 5.05. The summed E-state index contributed by atoms with van der Waals surface area (Å²) in [6.45, 7) is 0.639. The van der Waals surface area contributed by atoms with Gasteiger partial charge in [-0.15, -0.1) is 0 Å². The maximum atomic E-state index is 13.2. The highest BCUT2D eigenvalue weighted by molar-refractivity contribution is 6.01. The Morgan fingerprint density at radius 1 is 1.03 bits per heavy atom. The van der Waals surface area contributed by atoms with Crippen LogP contribution in [0, 0.1) is 0 Å². The van der Waals surface area contributed by atoms with Gasteiger partial charge >= 0.3 is 0 Å². The maximum Gasteiger partial charge on any atom is 0.254 e. The lowest BCUT2D eigenvalue weighted by molar-refractivity contribution is -0.128. The van der Waals surface area contributed by atoms with Crippen molar-refractivity contribution in [2.45, 2.75) is 12.0 Å². The van der Waals surface area contributed by atoms with Crippen molar-refractivity contribution < 1.29 is 19.1 Å². The molecule has 1 aliphatic heterocycles. The van der Waals surface area contributed by atoms with Gasteiger partial charge in [0.2, 0.25) is 11.8 Å². The van der Waals surface area contributed by atoms with Crippen molar-refractivity contribution in [1.82, 2.24) is 15.5 Å². The fraction of sp³-hybridized carbons (Fsp3) is 0.318. The second-order valence-electron chi connectivity index (χ2n) is 6.90. The van der Waals surface area contributed by atoms with Crippen LogP contribution in [0.3, 0.4) is 0 Å². The first kappa shape index (κ1) is 20.5. The van der Waals surface area contributed by atoms with Crippen molar-refractivity contribution >= 4 is 17.7 Å². The molecule has 2 aromatic carbocycles. The fourth-order valence-electron chi connectivity index (χ4n) is 3.66. The van der Waals surface area contributed by atoms with Gasteiger partial charge < -0.3 is 20.3 Å². The van der Waals surface area contributed by atoms with E-state index in [1.165, 1.54) is 0 Å². The summed E-state index contributed by atoms with van der Waals surface area (Å²) in [6.07, 6.45) is 0. The Labute approximate surface area is 170 Å². The molecule has 2 aromatic rings. The highest BCUT2D eigenvalue weighted by Gasteiger charge is 2.42. The molecule has 7 heteroatoms. The summed E-state index contributed by atoms with van der Waals surface area (Å²) >= 11 is 0. The third-order valence-electron chi connectivity index (χ3n) is 5.05. The Bertz CT molecular complexity index is 885. The van der Waals surface area contributed by atoms with E-state index in [1.54, 1.807) is 37.3 Å². The number of carbonyl (C=O) groups is 3. The van der Waals surface area contributed by atoms with Crippen LogP contribution in [0.2, 0.25) is 0 Å². The topological polar surface area (TPSA) is 87.7 Å². The quantitative estimate of drug-likeness (QED) is 0.695. The Hall–Kier alpha value is -3.19. The SMILES string of the molecule is COCCNC(=O)CNC(=O)C1c2ccccc2C(=O)N(C)C1c1ccccc1. The number of ether oxygens (including phenoxy) is 1. The molecule has 0 bridgehead atoms. The summed E-state index contributed by atoms with van der Waals surface area (Å²) in [5, 5.41) is 5.40. The maximum absolute atomic E-state index is 13.2. The predicted molar refractivity (Wildman–Crippen MR) is 108 cm³/mol. The number of amides is 3. The zero-order valence-electron chi connectivity index (χ0n) is 16.6. The van der Waals surface area contributed by atoms with Gasteiger partial charge in [0.15, 0.2) is 0 Å². The van der Waals surface area contributed by atoms with Crippen LogP contribution in [0.1, 0.15) is 33.4 Å². The summed E-state index contributed by atoms with van der Waals surface area (Å²) in [5.41, 5.74) is 2.04. The summed E-state index contributed by atoms with van der Waals surface area (Å²) in [4.78, 5) is 39.6. The lowest BCUT2D eigenvalue weighted by Gasteiger charge is -2.39. The average molecular weight is 395 g/mol. The molecule has 3 rings (SSSR count). The molecule has 2 atom stereocenters. The molecular weight excluding hydrogens is 370 g/mol. The molecule has 2 unspecified atom stereocenters. The molecule has 0 aromatic heterocycles. The number of rotatable bonds is 7. The predicted octanol–water partition coefficient (Wildman–Crippen LogP) is 1.48. The van der Waals surface area contributed by atoms with Crippen molar-refractivity contribution in [2.24, 2.45) is 0 Å². The van der Waals surface area contributed by atoms with Gasteiger partial charge in [0.05, 0.1) is 25.1 Å². The fourth-order valence-corrected chi connectivity index (χ4v) is 3.66. The van der Waals surface area contributed by atoms with Crippen molar-refractivity contribution in [3.63, 3.8) is 0 Å². The van der Waals surface area contributed by atoms with Gasteiger partial charge in [0.25, 0.3) is 5.91 Å². The number of nitrogens with one attached hydrogen (secondary N) is 2. The minimum atomic E-state index is -0.622. The average Bonchev–Trinajstić information content (AvgIpc) is 2.75. The Kier molecular flexibility index (Phi) is 6.61. The minimum absolute atomic E-state index is 0.129. The van der Waals surface area contributed by atoms with Gasteiger partial charge in [-0.1, -0.05) is 48.5 Å². The van der Waals surface area contributed by atoms with Crippen molar-refractivity contribution in [3.05, 3.63) is 71.3 Å². The Morgan fingerprint density at radius 2 is 1.72 bits per heavy atom. The van der Waals surface area contributed by atoms with Crippen LogP contribution >= 0.6 is 0 Å². The monoisotopic (exact) mass is 395 g/mol. The second-order valence-corrected chi connectivity index (χ2v) is 6.90. The van der Waals surface area contributed by atoms with E-state index in [9.17, 15) is 14.4 Å². The molecule has 29 heavy (non-hydrogen) atoms. The molecule has 3 amide bonds. The molecule has 0 spiro atoms. The van der Waals surface area contributed by atoms with Crippen LogP contribution < -0.4 is 10.6 Å². The summed E-state index contributed by atoms with van der Waals surface area (Å²) in [6, 6.07) is 16.1. The molecule has 1 aliphatic rings. The number of carbonyl (C=O) groups excluding carboxylic acids is 3. The number of benzene rings is 2. The van der Waals surface area contributed by atoms with Crippen LogP contribution in [-0.4, -0.2) is 56.5 Å². The Balaban J connectivity index is 1.87. The van der Waals surface area contributed by atoms with E-state index in [0.29, 0.717) is 24.3 Å². The van der Waals surface area contributed by atoms with Crippen LogP contribution in [0.4, 0.5) is 0 Å². The molecule has 0 saturated carbocycles. The number of hydrogen-bond acceptors (Lipinski definition) is 4. The molecule has 1 heterocycles. The lowest BCUT2D eigenvalue weighted by atomic mass is 9.79. The molecule has 2 N–H and O–H groups in total. The smallest absolute Gasteiger partial charge is 0.254 e. The van der Waals surface area contributed by atoms with Crippen LogP contribution in [-0.2, 0) is 14.3 Å². The summed E-state index contributed by atoms with van der Waals surface area (Å²) in [5.74, 6) is -1.34. The number of methoxy groups -OCH3 is 1. The number of nitrogens with zero attached hydrogens (tertiary/aromatic N) is 1. The first-order valence-corrected chi connectivity index (χ1v) is 9.49. The van der Waals surface area contributed by atoms with Crippen molar-refractivity contribution in [3.8, 4) is 0 Å². The zero-order chi connectivity index (χ0) is 20.8. The van der Waals surface area contributed by atoms with Gasteiger partial charge in [-0.2, -0.15) is 0 Å². The van der Waals surface area contributed by atoms with E-state index < -0.39 is 12.0 Å². The van der Waals surface area contributed by atoms with Crippen LogP contribution in [0.5, 0.6) is 0 Å². The third kappa shape index (κ3) is 4.46. The summed E-state index contributed by atoms with van der Waals surface area (Å²) in [7, 11) is 3.25. The van der Waals surface area contributed by atoms with E-state index in [2.05, 4.69) is 10.6 Å². The normalized spacial score (nSPS) is 18.1. The number of hydrogen-bond donors (Lipinski definition) is 2. The van der Waals surface area contributed by atoms with E-state index in [0.717, 1.165) is 5.56 Å². The summed E-state index contributed by atoms with van der Waals surface area (Å²) < 4.78 is 4.90. The van der Waals surface area contributed by atoms with Crippen molar-refractivity contribution in [2.75, 3.05) is 33.9 Å². The molecule has 0 radical (unpaired) electrons. The minimum Gasteiger partial charge on any atom is -0.383 e. The molecule has 0 saturated heterocycles. The van der Waals surface area contributed by atoms with E-state index >= 15 is 0 Å². The van der Waals surface area contributed by atoms with Gasteiger partial charge in [-0.3, -0.25) is 14.4 Å². The molecule has 7 nitrogen and oxygen atoms in total. The van der Waals surface area contributed by atoms with Gasteiger partial charge in [0, 0.05) is 26.3 Å². The van der Waals surface area contributed by atoms with Gasteiger partial charge in [-0.05, 0) is 17.2 Å². The highest BCUT2D eigenvalue weighted by atomic mass is 16.5. The number of likely N-dealkylation sites (N-methyl/N-ethyl adjacent to an activating group) is 1. The van der Waals surface area contributed by atoms with E-state index in [-0.39, 0.29) is 24.3 Å². The van der Waals surface area contributed by atoms with Gasteiger partial charge in [-0.25, -0.2) is 0 Å². The number of fused-ring (bicyclic) bond motifs is 1. The largest absolute Gasteiger partial charge is 0.383 e.